The molecule has 0 radical (unpaired) electrons. The number of carbonyl (C=O) groups excluding carboxylic acids is 3. The summed E-state index contributed by atoms with van der Waals surface area (Å²) in [7, 11) is -9.85. The SMILES string of the molecule is CC/C=C\C/C=C\C/C=C\C/C=C\C/C=C\C/C=C\CCCCCCCCC(=O)OCC(O)COP(=O)(O)OCC(O)COP(=O)(O)OCC(COC(=O)CCCC/C=C\C/C=C\C/C=C\C/C=C\C/C=C\C/C=C\CC)OC(=O)CC/C=C\C/C=C\C/C=C\C/C=C\C/C=C\C/C=C\CC. The van der Waals surface area contributed by atoms with E-state index >= 15 is 0 Å². The Bertz CT molecular complexity index is 2710. The zero-order chi connectivity index (χ0) is 73.7. The molecule has 0 bridgehead atoms. The van der Waals surface area contributed by atoms with E-state index in [2.05, 4.69) is 221 Å². The number of rotatable bonds is 67. The highest BCUT2D eigenvalue weighted by molar-refractivity contribution is 7.47. The molecule has 5 unspecified atom stereocenters. The molecule has 0 aromatic rings. The average Bonchev–Trinajstić information content (AvgIpc) is 0.990. The molecule has 0 spiro atoms. The van der Waals surface area contributed by atoms with Gasteiger partial charge in [-0.2, -0.15) is 0 Å². The van der Waals surface area contributed by atoms with E-state index < -0.39 is 91.5 Å². The van der Waals surface area contributed by atoms with Crippen LogP contribution in [0.15, 0.2) is 219 Å². The molecular formula is C83H128O16P2. The monoisotopic (exact) mass is 1440 g/mol. The Hall–Kier alpha value is -6.13. The van der Waals surface area contributed by atoms with E-state index in [1.165, 1.54) is 0 Å². The Morgan fingerprint density at radius 2 is 0.515 bits per heavy atom. The van der Waals surface area contributed by atoms with E-state index in [1.54, 1.807) is 0 Å². The second-order valence-corrected chi connectivity index (χ2v) is 26.5. The predicted molar refractivity (Wildman–Crippen MR) is 417 cm³/mol. The number of unbranched alkanes of at least 4 members (excludes halogenated alkanes) is 8. The summed E-state index contributed by atoms with van der Waals surface area (Å²) in [5.74, 6) is -1.76. The third kappa shape index (κ3) is 74.9. The van der Waals surface area contributed by atoms with Crippen molar-refractivity contribution in [3.05, 3.63) is 219 Å². The minimum absolute atomic E-state index is 0.0413. The third-order valence-electron chi connectivity index (χ3n) is 14.2. The number of hydrogen-bond donors (Lipinski definition) is 4. The van der Waals surface area contributed by atoms with Gasteiger partial charge in [-0.25, -0.2) is 9.13 Å². The van der Waals surface area contributed by atoms with Crippen LogP contribution in [0.1, 0.15) is 226 Å². The molecule has 0 aliphatic heterocycles. The zero-order valence-corrected chi connectivity index (χ0v) is 63.3. The number of phosphoric ester groups is 2. The van der Waals surface area contributed by atoms with Crippen molar-refractivity contribution >= 4 is 33.6 Å². The Morgan fingerprint density at radius 1 is 0.277 bits per heavy atom. The van der Waals surface area contributed by atoms with Gasteiger partial charge in [0.15, 0.2) is 6.10 Å². The maximum Gasteiger partial charge on any atom is 0.472 e. The molecule has 5 atom stereocenters. The molecule has 0 fully saturated rings. The van der Waals surface area contributed by atoms with Crippen LogP contribution in [0.5, 0.6) is 0 Å². The molecule has 0 heterocycles. The second-order valence-electron chi connectivity index (χ2n) is 23.6. The maximum absolute atomic E-state index is 12.9. The molecule has 101 heavy (non-hydrogen) atoms. The highest BCUT2D eigenvalue weighted by Gasteiger charge is 2.29. The lowest BCUT2D eigenvalue weighted by Gasteiger charge is -2.21. The highest BCUT2D eigenvalue weighted by Crippen LogP contribution is 2.45. The smallest absolute Gasteiger partial charge is 0.463 e. The molecule has 0 saturated carbocycles. The lowest BCUT2D eigenvalue weighted by atomic mass is 10.1. The average molecular weight is 1440 g/mol. The van der Waals surface area contributed by atoms with Crippen molar-refractivity contribution in [1.82, 2.24) is 0 Å². The first kappa shape index (κ1) is 94.9. The number of ether oxygens (including phenoxy) is 3. The van der Waals surface area contributed by atoms with Gasteiger partial charge in [-0.3, -0.25) is 32.5 Å². The van der Waals surface area contributed by atoms with Crippen LogP contribution in [0, 0.1) is 0 Å². The third-order valence-corrected chi connectivity index (χ3v) is 16.1. The van der Waals surface area contributed by atoms with Crippen molar-refractivity contribution in [3.63, 3.8) is 0 Å². The maximum atomic E-state index is 12.9. The van der Waals surface area contributed by atoms with E-state index in [1.807, 2.05) is 18.2 Å². The first-order chi connectivity index (χ1) is 49.2. The van der Waals surface area contributed by atoms with Crippen LogP contribution in [-0.2, 0) is 55.8 Å². The molecule has 0 saturated heterocycles. The van der Waals surface area contributed by atoms with Gasteiger partial charge in [0.05, 0.1) is 26.4 Å². The molecule has 18 heteroatoms. The van der Waals surface area contributed by atoms with Crippen molar-refractivity contribution in [2.45, 2.75) is 245 Å². The van der Waals surface area contributed by atoms with Gasteiger partial charge in [0.1, 0.15) is 25.4 Å². The van der Waals surface area contributed by atoms with Crippen molar-refractivity contribution in [1.29, 1.82) is 0 Å². The van der Waals surface area contributed by atoms with Gasteiger partial charge in [-0.1, -0.05) is 265 Å². The molecule has 0 rings (SSSR count). The summed E-state index contributed by atoms with van der Waals surface area (Å²) in [5.41, 5.74) is 0. The summed E-state index contributed by atoms with van der Waals surface area (Å²) in [6.45, 7) is 2.12. The van der Waals surface area contributed by atoms with E-state index in [0.29, 0.717) is 25.7 Å². The van der Waals surface area contributed by atoms with Gasteiger partial charge in [-0.05, 0) is 161 Å². The first-order valence-electron chi connectivity index (χ1n) is 37.0. The molecular weight excluding hydrogens is 1310 g/mol. The number of carbonyl (C=O) groups is 3. The Morgan fingerprint density at radius 3 is 0.842 bits per heavy atom. The van der Waals surface area contributed by atoms with E-state index in [4.69, 9.17) is 32.3 Å². The van der Waals surface area contributed by atoms with Gasteiger partial charge in [-0.15, -0.1) is 0 Å². The molecule has 16 nitrogen and oxygen atoms in total. The number of allylic oxidation sites excluding steroid dienone is 36. The number of hydrogen-bond acceptors (Lipinski definition) is 14. The number of phosphoric acid groups is 2. The summed E-state index contributed by atoms with van der Waals surface area (Å²) in [5, 5.41) is 20.6. The van der Waals surface area contributed by atoms with Crippen LogP contribution in [0.4, 0.5) is 0 Å². The van der Waals surface area contributed by atoms with Crippen LogP contribution in [0.2, 0.25) is 0 Å². The lowest BCUT2D eigenvalue weighted by molar-refractivity contribution is -0.161. The fourth-order valence-corrected chi connectivity index (χ4v) is 10.2. The molecule has 4 N–H and O–H groups in total. The minimum Gasteiger partial charge on any atom is -0.463 e. The molecule has 0 amide bonds. The zero-order valence-electron chi connectivity index (χ0n) is 61.5. The topological polar surface area (TPSA) is 231 Å². The number of aliphatic hydroxyl groups is 2. The summed E-state index contributed by atoms with van der Waals surface area (Å²) in [4.78, 5) is 58.5. The van der Waals surface area contributed by atoms with E-state index in [-0.39, 0.29) is 19.3 Å². The Labute approximate surface area is 609 Å². The van der Waals surface area contributed by atoms with Crippen molar-refractivity contribution < 1.29 is 75.8 Å². The Balaban J connectivity index is 4.82. The molecule has 0 aliphatic carbocycles. The van der Waals surface area contributed by atoms with Crippen molar-refractivity contribution in [3.8, 4) is 0 Å². The highest BCUT2D eigenvalue weighted by atomic mass is 31.2. The van der Waals surface area contributed by atoms with Crippen LogP contribution in [0.3, 0.4) is 0 Å². The van der Waals surface area contributed by atoms with Crippen LogP contribution in [0.25, 0.3) is 0 Å². The largest absolute Gasteiger partial charge is 0.472 e. The first-order valence-corrected chi connectivity index (χ1v) is 40.0. The minimum atomic E-state index is -4.97. The summed E-state index contributed by atoms with van der Waals surface area (Å²) in [6, 6.07) is 0. The second kappa shape index (κ2) is 73.6. The fraction of sp³-hybridized carbons (Fsp3) is 0.530. The molecule has 566 valence electrons. The molecule has 0 aromatic heterocycles. The lowest BCUT2D eigenvalue weighted by Crippen LogP contribution is -2.29. The van der Waals surface area contributed by atoms with Crippen molar-refractivity contribution in [2.24, 2.45) is 0 Å². The predicted octanol–water partition coefficient (Wildman–Crippen LogP) is 21.5. The van der Waals surface area contributed by atoms with E-state index in [0.717, 1.165) is 161 Å². The van der Waals surface area contributed by atoms with Gasteiger partial charge in [0, 0.05) is 19.3 Å². The standard InChI is InChI=1S/C83H128O16P2/c1-4-7-10-13-16-19-22-25-28-31-34-36-37-38-39-41-44-45-48-51-54-57-60-63-66-69-81(86)93-72-78(84)73-95-100(89,90)96-74-79(85)75-97-101(91,92)98-77-80(99-83(88)71-68-65-62-59-56-53-50-47-42-33-30-27-24-21-18-15-12-9-6-3)76-94-82(87)70-67-64-61-58-55-52-49-46-43-40-35-32-29-26-23-20-17-14-11-8-5-2/h7-12,16-21,25-30,34-36,38-40,42,44-47,49,53,55-56,58,62,65,78-80,84-85H,4-6,13-15,22-24,31-33,37,41,43,48,50-52,54,57,59-61,63-64,66-77H2,1-3H3,(H,89,90)(H,91,92)/b10-7-,11-8-,12-9-,19-16-,20-17-,21-18-,28-25-,29-26-,30-27-,36-34-,39-38-,40-35-,45-44-,47-42-,49-46-,56-53-,58-55-,65-62-. The van der Waals surface area contributed by atoms with Crippen molar-refractivity contribution in [2.75, 3.05) is 39.6 Å². The van der Waals surface area contributed by atoms with Crippen LogP contribution >= 0.6 is 15.6 Å². The van der Waals surface area contributed by atoms with Gasteiger partial charge in [0.25, 0.3) is 0 Å². The molecule has 0 aliphatic rings. The quantitative estimate of drug-likeness (QED) is 0.0146. The number of esters is 3. The summed E-state index contributed by atoms with van der Waals surface area (Å²) >= 11 is 0. The normalized spacial score (nSPS) is 15.3. The number of aliphatic hydroxyl groups excluding tert-OH is 2. The fourth-order valence-electron chi connectivity index (χ4n) is 8.66. The van der Waals surface area contributed by atoms with Gasteiger partial charge in [0.2, 0.25) is 0 Å². The van der Waals surface area contributed by atoms with Gasteiger partial charge >= 0.3 is 33.6 Å². The van der Waals surface area contributed by atoms with E-state index in [9.17, 15) is 43.5 Å². The van der Waals surface area contributed by atoms with Gasteiger partial charge < -0.3 is 34.2 Å². The Kier molecular flexibility index (Phi) is 69.1. The molecule has 0 aromatic carbocycles. The van der Waals surface area contributed by atoms with Crippen LogP contribution in [-0.4, -0.2) is 95.9 Å². The van der Waals surface area contributed by atoms with Crippen LogP contribution < -0.4 is 0 Å². The summed E-state index contributed by atoms with van der Waals surface area (Å²) in [6.07, 6.45) is 98.6. The summed E-state index contributed by atoms with van der Waals surface area (Å²) < 4.78 is 60.9.